The van der Waals surface area contributed by atoms with Crippen LogP contribution in [0.2, 0.25) is 0 Å². The van der Waals surface area contributed by atoms with Gasteiger partial charge in [-0.2, -0.15) is 0 Å². The van der Waals surface area contributed by atoms with Gasteiger partial charge in [-0.05, 0) is 24.1 Å². The van der Waals surface area contributed by atoms with Crippen LogP contribution in [0.5, 0.6) is 0 Å². The van der Waals surface area contributed by atoms with E-state index in [2.05, 4.69) is 22.2 Å². The van der Waals surface area contributed by atoms with Gasteiger partial charge in [-0.1, -0.05) is 19.1 Å². The van der Waals surface area contributed by atoms with Crippen LogP contribution in [0.15, 0.2) is 36.8 Å². The Morgan fingerprint density at radius 1 is 1.47 bits per heavy atom. The van der Waals surface area contributed by atoms with Gasteiger partial charge in [0.2, 0.25) is 0 Å². The zero-order valence-corrected chi connectivity index (χ0v) is 9.78. The topological polar surface area (TPSA) is 40.7 Å². The van der Waals surface area contributed by atoms with Gasteiger partial charge in [0, 0.05) is 24.5 Å². The summed E-state index contributed by atoms with van der Waals surface area (Å²) in [6.45, 7) is 2.78. The Morgan fingerprint density at radius 2 is 2.35 bits per heavy atom. The van der Waals surface area contributed by atoms with Gasteiger partial charge in [-0.15, -0.1) is 0 Å². The molecule has 0 aliphatic heterocycles. The van der Waals surface area contributed by atoms with Gasteiger partial charge in [0.05, 0.1) is 6.33 Å². The largest absolute Gasteiger partial charge is 0.347 e. The average molecular weight is 233 g/mol. The van der Waals surface area contributed by atoms with Gasteiger partial charge < -0.3 is 10.3 Å². The van der Waals surface area contributed by atoms with Crippen molar-refractivity contribution < 1.29 is 4.39 Å². The quantitative estimate of drug-likeness (QED) is 0.833. The lowest BCUT2D eigenvalue weighted by atomic mass is 10.0. The van der Waals surface area contributed by atoms with Crippen LogP contribution in [-0.2, 0) is 6.54 Å². The second-order valence-corrected chi connectivity index (χ2v) is 3.97. The zero-order valence-electron chi connectivity index (χ0n) is 9.78. The van der Waals surface area contributed by atoms with Gasteiger partial charge >= 0.3 is 0 Å². The Morgan fingerprint density at radius 3 is 3.00 bits per heavy atom. The molecule has 4 heteroatoms. The number of nitrogens with one attached hydrogen (secondary N) is 2. The maximum absolute atomic E-state index is 13.1. The molecule has 0 bridgehead atoms. The predicted octanol–water partition coefficient (Wildman–Crippen LogP) is 2.79. The smallest absolute Gasteiger partial charge is 0.123 e. The third-order valence-corrected chi connectivity index (χ3v) is 2.75. The molecule has 2 N–H and O–H groups in total. The molecule has 1 aromatic carbocycles. The van der Waals surface area contributed by atoms with Crippen LogP contribution in [0.4, 0.5) is 4.39 Å². The molecule has 17 heavy (non-hydrogen) atoms. The Balaban J connectivity index is 2.01. The van der Waals surface area contributed by atoms with Crippen molar-refractivity contribution in [3.63, 3.8) is 0 Å². The Hall–Kier alpha value is -1.68. The second-order valence-electron chi connectivity index (χ2n) is 3.97. The van der Waals surface area contributed by atoms with Crippen molar-refractivity contribution in [1.29, 1.82) is 0 Å². The first kappa shape index (κ1) is 11.8. The van der Waals surface area contributed by atoms with Crippen LogP contribution in [0.3, 0.4) is 0 Å². The number of hydrogen-bond acceptors (Lipinski definition) is 2. The number of imidazole rings is 1. The van der Waals surface area contributed by atoms with Crippen molar-refractivity contribution in [2.45, 2.75) is 25.9 Å². The van der Waals surface area contributed by atoms with Gasteiger partial charge in [-0.3, -0.25) is 0 Å². The molecule has 0 saturated carbocycles. The molecule has 90 valence electrons. The number of H-pyrrole nitrogens is 1. The molecule has 2 aromatic rings. The Bertz CT molecular complexity index is 453. The summed E-state index contributed by atoms with van der Waals surface area (Å²) in [4.78, 5) is 6.99. The minimum absolute atomic E-state index is 0.161. The van der Waals surface area contributed by atoms with Crippen LogP contribution < -0.4 is 5.32 Å². The fourth-order valence-electron chi connectivity index (χ4n) is 1.84. The van der Waals surface area contributed by atoms with Crippen molar-refractivity contribution in [2.75, 3.05) is 0 Å². The highest BCUT2D eigenvalue weighted by molar-refractivity contribution is 5.20. The van der Waals surface area contributed by atoms with E-state index in [0.717, 1.165) is 17.7 Å². The van der Waals surface area contributed by atoms with Crippen LogP contribution in [0.1, 0.15) is 30.6 Å². The number of benzene rings is 1. The van der Waals surface area contributed by atoms with Gasteiger partial charge in [0.15, 0.2) is 0 Å². The van der Waals surface area contributed by atoms with Crippen LogP contribution in [0.25, 0.3) is 0 Å². The van der Waals surface area contributed by atoms with Crippen LogP contribution >= 0.6 is 0 Å². The van der Waals surface area contributed by atoms with E-state index in [0.29, 0.717) is 6.54 Å². The van der Waals surface area contributed by atoms with Crippen molar-refractivity contribution in [1.82, 2.24) is 15.3 Å². The lowest BCUT2D eigenvalue weighted by Crippen LogP contribution is -2.20. The first-order valence-corrected chi connectivity index (χ1v) is 5.75. The number of nitrogens with zero attached hydrogens (tertiary/aromatic N) is 1. The lowest BCUT2D eigenvalue weighted by Gasteiger charge is -2.16. The number of aromatic nitrogens is 2. The van der Waals surface area contributed by atoms with E-state index in [-0.39, 0.29) is 11.9 Å². The SMILES string of the molecule is CCC(NCc1cnc[nH]1)c1cccc(F)c1. The van der Waals surface area contributed by atoms with E-state index in [1.165, 1.54) is 6.07 Å². The van der Waals surface area contributed by atoms with E-state index in [1.54, 1.807) is 24.7 Å². The molecule has 0 aliphatic carbocycles. The first-order valence-electron chi connectivity index (χ1n) is 5.75. The average Bonchev–Trinajstić information content (AvgIpc) is 2.83. The Kier molecular flexibility index (Phi) is 3.88. The van der Waals surface area contributed by atoms with Crippen LogP contribution in [0, 0.1) is 5.82 Å². The van der Waals surface area contributed by atoms with Gasteiger partial charge in [-0.25, -0.2) is 9.37 Å². The molecule has 0 saturated heterocycles. The fraction of sp³-hybridized carbons (Fsp3) is 0.308. The molecule has 0 radical (unpaired) electrons. The summed E-state index contributed by atoms with van der Waals surface area (Å²) in [6.07, 6.45) is 4.35. The lowest BCUT2D eigenvalue weighted by molar-refractivity contribution is 0.510. The molecule has 0 amide bonds. The molecular weight excluding hydrogens is 217 g/mol. The summed E-state index contributed by atoms with van der Waals surface area (Å²) in [5.41, 5.74) is 2.01. The van der Waals surface area contributed by atoms with E-state index >= 15 is 0 Å². The number of rotatable bonds is 5. The van der Waals surface area contributed by atoms with E-state index in [9.17, 15) is 4.39 Å². The minimum atomic E-state index is -0.190. The summed E-state index contributed by atoms with van der Waals surface area (Å²) in [5.74, 6) is -0.190. The zero-order chi connectivity index (χ0) is 12.1. The molecule has 0 aliphatic rings. The third-order valence-electron chi connectivity index (χ3n) is 2.75. The highest BCUT2D eigenvalue weighted by Crippen LogP contribution is 2.17. The van der Waals surface area contributed by atoms with E-state index < -0.39 is 0 Å². The molecule has 3 nitrogen and oxygen atoms in total. The highest BCUT2D eigenvalue weighted by Gasteiger charge is 2.09. The molecule has 0 spiro atoms. The standard InChI is InChI=1S/C13H16FN3/c1-2-13(10-4-3-5-11(14)6-10)16-8-12-7-15-9-17-12/h3-7,9,13,16H,2,8H2,1H3,(H,15,17). The van der Waals surface area contributed by atoms with Crippen molar-refractivity contribution >= 4 is 0 Å². The molecule has 1 atom stereocenters. The normalized spacial score (nSPS) is 12.6. The highest BCUT2D eigenvalue weighted by atomic mass is 19.1. The van der Waals surface area contributed by atoms with E-state index in [1.807, 2.05) is 6.07 Å². The maximum Gasteiger partial charge on any atom is 0.123 e. The number of halogens is 1. The summed E-state index contributed by atoms with van der Waals surface area (Å²) in [7, 11) is 0. The summed E-state index contributed by atoms with van der Waals surface area (Å²) >= 11 is 0. The summed E-state index contributed by atoms with van der Waals surface area (Å²) < 4.78 is 13.1. The summed E-state index contributed by atoms with van der Waals surface area (Å²) in [6, 6.07) is 6.88. The first-order chi connectivity index (χ1) is 8.29. The fourth-order valence-corrected chi connectivity index (χ4v) is 1.84. The maximum atomic E-state index is 13.1. The molecule has 0 fully saturated rings. The van der Waals surface area contributed by atoms with Crippen molar-refractivity contribution in [3.8, 4) is 0 Å². The summed E-state index contributed by atoms with van der Waals surface area (Å²) in [5, 5.41) is 3.38. The van der Waals surface area contributed by atoms with Crippen molar-refractivity contribution in [2.24, 2.45) is 0 Å². The molecule has 1 heterocycles. The second kappa shape index (κ2) is 5.59. The minimum Gasteiger partial charge on any atom is -0.347 e. The van der Waals surface area contributed by atoms with Crippen LogP contribution in [-0.4, -0.2) is 9.97 Å². The molecule has 2 rings (SSSR count). The third kappa shape index (κ3) is 3.14. The molecule has 1 aromatic heterocycles. The Labute approximate surface area is 100 Å². The monoisotopic (exact) mass is 233 g/mol. The van der Waals surface area contributed by atoms with Gasteiger partial charge in [0.25, 0.3) is 0 Å². The molecule has 1 unspecified atom stereocenters. The number of hydrogen-bond donors (Lipinski definition) is 2. The van der Waals surface area contributed by atoms with E-state index in [4.69, 9.17) is 0 Å². The predicted molar refractivity (Wildman–Crippen MR) is 64.9 cm³/mol. The van der Waals surface area contributed by atoms with Crippen molar-refractivity contribution in [3.05, 3.63) is 53.9 Å². The van der Waals surface area contributed by atoms with Gasteiger partial charge in [0.1, 0.15) is 5.82 Å². The molecular formula is C13H16FN3. The number of aromatic amines is 1.